The van der Waals surface area contributed by atoms with E-state index >= 15 is 0 Å². The highest BCUT2D eigenvalue weighted by atomic mass is 35.5. The largest absolute Gasteiger partial charge is 0.462 e. The fourth-order valence-corrected chi connectivity index (χ4v) is 24.7. The summed E-state index contributed by atoms with van der Waals surface area (Å²) in [5, 5.41) is 9.53. The molecule has 2 aromatic carbocycles. The Morgan fingerprint density at radius 2 is 1.02 bits per heavy atom. The van der Waals surface area contributed by atoms with Gasteiger partial charge in [0.25, 0.3) is 0 Å². The van der Waals surface area contributed by atoms with Gasteiger partial charge in [0, 0.05) is 84.0 Å². The molecule has 13 aliphatic rings. The normalized spacial score (nSPS) is 40.2. The van der Waals surface area contributed by atoms with Crippen LogP contribution >= 0.6 is 23.2 Å². The van der Waals surface area contributed by atoms with E-state index in [1.165, 1.54) is 5.57 Å². The predicted octanol–water partition coefficient (Wildman–Crippen LogP) is 17.5. The van der Waals surface area contributed by atoms with Gasteiger partial charge < -0.3 is 95.1 Å². The zero-order valence-corrected chi connectivity index (χ0v) is 83.7. The number of ketones is 2. The Balaban J connectivity index is 0.000000178. The van der Waals surface area contributed by atoms with Crippen LogP contribution in [0.1, 0.15) is 203 Å². The van der Waals surface area contributed by atoms with Crippen molar-refractivity contribution in [2.75, 3.05) is 70.8 Å². The summed E-state index contributed by atoms with van der Waals surface area (Å²) in [6.07, 6.45) is 20.0. The van der Waals surface area contributed by atoms with Crippen LogP contribution < -0.4 is 4.74 Å². The molecule has 26 nitrogen and oxygen atoms in total. The molecule has 37 atom stereocenters. The van der Waals surface area contributed by atoms with Crippen molar-refractivity contribution in [2.45, 2.75) is 333 Å². The van der Waals surface area contributed by atoms with Crippen molar-refractivity contribution in [1.29, 1.82) is 5.26 Å². The van der Waals surface area contributed by atoms with Crippen LogP contribution in [0, 0.1) is 99.6 Å². The molecule has 6 saturated heterocycles. The van der Waals surface area contributed by atoms with Gasteiger partial charge in [-0.1, -0.05) is 131 Å². The first-order valence-electron chi connectivity index (χ1n) is 49.1. The van der Waals surface area contributed by atoms with Crippen molar-refractivity contribution in [3.63, 3.8) is 0 Å². The average Bonchev–Trinajstić information content (AvgIpc) is 1.56. The number of fused-ring (bicyclic) bond motifs is 10. The zero-order valence-electron chi connectivity index (χ0n) is 82.2. The first-order chi connectivity index (χ1) is 63.7. The summed E-state index contributed by atoms with van der Waals surface area (Å²) in [5.74, 6) is 0.319. The summed E-state index contributed by atoms with van der Waals surface area (Å²) in [6.45, 7) is 22.4. The Morgan fingerprint density at radius 1 is 0.534 bits per heavy atom. The predicted molar refractivity (Wildman–Crippen MR) is 501 cm³/mol. The maximum atomic E-state index is 14.7. The number of allylic oxidation sites excluding steroid dienone is 9. The summed E-state index contributed by atoms with van der Waals surface area (Å²) in [5.41, 5.74) is 3.07. The minimum absolute atomic E-state index is 0.0364. The highest BCUT2D eigenvalue weighted by molar-refractivity contribution is 6.55. The number of ether oxygens (including phenoxy) is 18. The van der Waals surface area contributed by atoms with E-state index in [1.54, 1.807) is 73.0 Å². The quantitative estimate of drug-likeness (QED) is 0.0536. The number of hydrogen-bond acceptors (Lipinski definition) is 26. The molecule has 9 fully saturated rings. The first kappa shape index (κ1) is 104. The summed E-state index contributed by atoms with van der Waals surface area (Å²) in [4.78, 5) is 73.5. The second-order valence-electron chi connectivity index (χ2n) is 40.7. The summed E-state index contributed by atoms with van der Waals surface area (Å²) in [6, 6.07) is 19.0. The molecule has 738 valence electrons. The maximum absolute atomic E-state index is 14.7. The third-order valence-corrected chi connectivity index (χ3v) is 32.1. The van der Waals surface area contributed by atoms with E-state index in [1.807, 2.05) is 77.9 Å². The minimum Gasteiger partial charge on any atom is -0.462 e. The second kappa shape index (κ2) is 46.9. The summed E-state index contributed by atoms with van der Waals surface area (Å²) < 4.78 is 111. The first-order valence-corrected chi connectivity index (χ1v) is 49.9. The number of Topliss-reactive ketones (excluding diaryl/α,β-unsaturated/α-hetero) is 2. The number of nitrogens with zero attached hydrogens (tertiary/aromatic N) is 3. The van der Waals surface area contributed by atoms with E-state index in [0.717, 1.165) is 101 Å². The van der Waals surface area contributed by atoms with Crippen LogP contribution in [0.15, 0.2) is 112 Å². The summed E-state index contributed by atoms with van der Waals surface area (Å²) in [7, 11) is 18.3. The second-order valence-corrected chi connectivity index (χ2v) is 41.7. The smallest absolute Gasteiger partial charge is 0.311 e. The van der Waals surface area contributed by atoms with Crippen LogP contribution in [0.5, 0.6) is 11.5 Å². The van der Waals surface area contributed by atoms with Crippen LogP contribution in [0.25, 0.3) is 0 Å². The van der Waals surface area contributed by atoms with Gasteiger partial charge in [0.05, 0.1) is 67.6 Å². The van der Waals surface area contributed by atoms with Crippen LogP contribution in [-0.2, 0) is 104 Å². The third-order valence-electron chi connectivity index (χ3n) is 31.9. The van der Waals surface area contributed by atoms with Crippen molar-refractivity contribution in [3.8, 4) is 17.6 Å². The molecule has 2 aromatic rings. The lowest BCUT2D eigenvalue weighted by Gasteiger charge is -2.44. The SMILES string of the molecule is CC1(C)C(C=C(Cl)Cl)C1C(=O)O[C@H](C#N)c1cccc(Oc2ccccc2)c1.CC[C@H]1CCC[C@H](O[C@H]2CC[C@H](N(C)C)[C@@H](C)O2)[C@@H](C)C(=O)C2=C[C@@H]3[C@@H](C=C(C)[C@@H]4C[C@@H](O[C@@H]5O[C@@H](C)[C@H](OC)[C@@H](OC)[C@H]5OC)C[C@@H]34)[C@@H]2CC(=O)O1.CC[C@H]1CCC[C@H](O[C@H]2CC[C@H](N(C)C)[C@@H](C)O2)[C@@H](C)C(=O)C2=C[C@@H]3[C@@H](C=C[C@@H]4C[C@@H](O[C@@H]5O[C@@H](C)[C@H](OC)[C@@H](OC)[C@H]5OC)C[C@@H]34)[C@@H]2CC(=O)O1. The number of para-hydroxylation sites is 1. The van der Waals surface area contributed by atoms with Gasteiger partial charge in [-0.15, -0.1) is 0 Å². The van der Waals surface area contributed by atoms with E-state index in [9.17, 15) is 29.2 Å². The van der Waals surface area contributed by atoms with E-state index in [0.29, 0.717) is 53.8 Å². The molecule has 0 spiro atoms. The molecule has 0 radical (unpaired) electrons. The molecule has 28 heteroatoms. The number of nitriles is 1. The van der Waals surface area contributed by atoms with Gasteiger partial charge in [0.2, 0.25) is 6.10 Å². The highest BCUT2D eigenvalue weighted by Gasteiger charge is 2.63. The van der Waals surface area contributed by atoms with E-state index < -0.39 is 36.9 Å². The van der Waals surface area contributed by atoms with Gasteiger partial charge in [0.15, 0.2) is 36.7 Å². The Labute approximate surface area is 799 Å². The Morgan fingerprint density at radius 3 is 1.49 bits per heavy atom. The van der Waals surface area contributed by atoms with Crippen molar-refractivity contribution in [2.24, 2.45) is 88.3 Å². The Hall–Kier alpha value is -5.88. The molecule has 6 heterocycles. The third kappa shape index (κ3) is 24.2. The maximum Gasteiger partial charge on any atom is 0.311 e. The van der Waals surface area contributed by atoms with Crippen molar-refractivity contribution < 1.29 is 109 Å². The van der Waals surface area contributed by atoms with Crippen LogP contribution in [-0.4, -0.2) is 245 Å². The number of hydrogen-bond donors (Lipinski definition) is 0. The molecule has 133 heavy (non-hydrogen) atoms. The van der Waals surface area contributed by atoms with E-state index in [4.69, 9.17) is 108 Å². The lowest BCUT2D eigenvalue weighted by Crippen LogP contribution is -2.59. The number of cyclic esters (lactones) is 2. The minimum atomic E-state index is -1.03. The number of likely N-dealkylation sites (N-methyl/N-ethyl adjacent to an activating group) is 2. The zero-order chi connectivity index (χ0) is 95.7. The standard InChI is InChI=1S/C42H67NO10.C41H65NO10.C22H19Cl2NO3/c1-11-26-13-12-14-35(53-37-16-15-34(43(6)7)24(4)49-37)23(3)38(45)33-20-31-29(32(33)21-36(44)51-26)17-22(2)28-18-27(19-30(28)31)52-42-41(48-10)40(47-9)39(46-8)25(5)50-42;1-10-26-12-11-13-34(52-36-17-16-33(42(5)6)23(3)48-36)22(2)37(44)32-20-30-28(31(32)21-35(43)50-26)15-14-25-18-27(19-29(25)30)51-41-40(47-9)39(46-8)38(45-7)24(4)49-41;1-22(2)17(12-19(23)24)20(22)21(26)28-18(13-25)14-7-6-10-16(11-14)27-15-8-4-3-5-9-15/h17,20,23-32,34-35,37,39-42H,11-16,18-19,21H2,1-10H3;14-15,20,22-31,33-34,36,38-41H,10-13,16-19,21H2,1-9H3;3-12,17-18,20H,1-2H3/t23-,24-,25+,26+,27-,28+,29-,30-,31-,32+,34+,35+,37+,39+,40-,41-,42+;22-,23-,24+,25-,26+,27-,28-,29-,30-,31+,33+,34+,36+,38+,39-,40-,41+;17?,18-,20?/m111/s1. The van der Waals surface area contributed by atoms with E-state index in [2.05, 4.69) is 103 Å². The molecule has 0 N–H and O–H groups in total. The lowest BCUT2D eigenvalue weighted by molar-refractivity contribution is -0.314. The number of carbonyl (C=O) groups is 5. The molecule has 3 saturated carbocycles. The molecule has 0 bridgehead atoms. The van der Waals surface area contributed by atoms with Crippen LogP contribution in [0.3, 0.4) is 0 Å². The van der Waals surface area contributed by atoms with E-state index in [-0.39, 0.29) is 215 Å². The number of esters is 3. The number of benzene rings is 2. The van der Waals surface area contributed by atoms with Gasteiger partial charge in [-0.25, -0.2) is 0 Å². The van der Waals surface area contributed by atoms with Crippen molar-refractivity contribution in [1.82, 2.24) is 9.80 Å². The molecule has 7 aliphatic carbocycles. The van der Waals surface area contributed by atoms with Gasteiger partial charge in [-0.2, -0.15) is 5.26 Å². The number of halogens is 2. The van der Waals surface area contributed by atoms with Gasteiger partial charge >= 0.3 is 17.9 Å². The fraction of sp³-hybridized carbons (Fsp3) is 0.733. The lowest BCUT2D eigenvalue weighted by atomic mass is 9.67. The van der Waals surface area contributed by atoms with Crippen molar-refractivity contribution >= 4 is 52.7 Å². The number of carbonyl (C=O) groups excluding carboxylic acids is 5. The van der Waals surface area contributed by atoms with Crippen LogP contribution in [0.4, 0.5) is 0 Å². The molecule has 2 unspecified atom stereocenters. The van der Waals surface area contributed by atoms with Gasteiger partial charge in [-0.05, 0) is 266 Å². The number of methoxy groups -OCH3 is 6. The Kier molecular flexibility index (Phi) is 36.9. The molecule has 15 rings (SSSR count). The number of rotatable bonds is 24. The molecular weight excluding hydrogens is 1740 g/mol. The highest BCUT2D eigenvalue weighted by Crippen LogP contribution is 2.62. The Bertz CT molecular complexity index is 4420. The monoisotopic (exact) mass is 1890 g/mol. The molecule has 0 aromatic heterocycles. The molecule has 0 amide bonds. The topological polar surface area (TPSA) is 282 Å². The average molecular weight is 1890 g/mol. The fourth-order valence-electron chi connectivity index (χ4n) is 24.5. The summed E-state index contributed by atoms with van der Waals surface area (Å²) >= 11 is 11.5. The van der Waals surface area contributed by atoms with Gasteiger partial charge in [-0.3, -0.25) is 24.0 Å². The van der Waals surface area contributed by atoms with Gasteiger partial charge in [0.1, 0.15) is 70.9 Å². The molecular formula is C105H151Cl2N3O23. The van der Waals surface area contributed by atoms with Crippen LogP contribution in [0.2, 0.25) is 0 Å². The van der Waals surface area contributed by atoms with Crippen molar-refractivity contribution in [3.05, 3.63) is 118 Å². The molecule has 6 aliphatic heterocycles.